The molecule has 0 atom stereocenters. The molecular formula is C16H24N2O3S. The minimum Gasteiger partial charge on any atom is -0.458 e. The molecule has 0 saturated heterocycles. The van der Waals surface area contributed by atoms with Crippen molar-refractivity contribution in [3.63, 3.8) is 0 Å². The van der Waals surface area contributed by atoms with Crippen molar-refractivity contribution in [2.75, 3.05) is 6.54 Å². The second kappa shape index (κ2) is 8.88. The van der Waals surface area contributed by atoms with Gasteiger partial charge in [-0.25, -0.2) is 4.98 Å². The predicted octanol–water partition coefficient (Wildman–Crippen LogP) is 2.84. The molecule has 122 valence electrons. The van der Waals surface area contributed by atoms with Crippen molar-refractivity contribution in [2.45, 2.75) is 58.5 Å². The molecule has 22 heavy (non-hydrogen) atoms. The van der Waals surface area contributed by atoms with Crippen LogP contribution in [0, 0.1) is 5.92 Å². The van der Waals surface area contributed by atoms with Gasteiger partial charge in [-0.2, -0.15) is 0 Å². The molecule has 0 spiro atoms. The lowest BCUT2D eigenvalue weighted by Gasteiger charge is -2.09. The third kappa shape index (κ3) is 5.75. The molecule has 0 aromatic carbocycles. The molecular weight excluding hydrogens is 300 g/mol. The SMILES string of the molecule is CCc1nc(COC(=O)CNC(=O)CCC2CCCC2)cs1. The highest BCUT2D eigenvalue weighted by Gasteiger charge is 2.16. The molecule has 0 aliphatic heterocycles. The quantitative estimate of drug-likeness (QED) is 0.747. The van der Waals surface area contributed by atoms with Crippen molar-refractivity contribution in [1.29, 1.82) is 0 Å². The van der Waals surface area contributed by atoms with Gasteiger partial charge in [-0.15, -0.1) is 11.3 Å². The van der Waals surface area contributed by atoms with Crippen molar-refractivity contribution in [3.8, 4) is 0 Å². The smallest absolute Gasteiger partial charge is 0.325 e. The molecule has 6 heteroatoms. The molecule has 0 bridgehead atoms. The predicted molar refractivity (Wildman–Crippen MR) is 85.5 cm³/mol. The lowest BCUT2D eigenvalue weighted by molar-refractivity contribution is -0.145. The number of aromatic nitrogens is 1. The van der Waals surface area contributed by atoms with Crippen LogP contribution in [0.15, 0.2) is 5.38 Å². The lowest BCUT2D eigenvalue weighted by Crippen LogP contribution is -2.30. The van der Waals surface area contributed by atoms with Crippen LogP contribution < -0.4 is 5.32 Å². The molecule has 2 rings (SSSR count). The zero-order valence-corrected chi connectivity index (χ0v) is 13.9. The van der Waals surface area contributed by atoms with E-state index >= 15 is 0 Å². The summed E-state index contributed by atoms with van der Waals surface area (Å²) in [5.74, 6) is 0.209. The summed E-state index contributed by atoms with van der Waals surface area (Å²) in [4.78, 5) is 27.6. The number of esters is 1. The molecule has 1 amide bonds. The van der Waals surface area contributed by atoms with Crippen LogP contribution in [-0.2, 0) is 27.4 Å². The molecule has 1 aromatic rings. The third-order valence-corrected chi connectivity index (χ3v) is 5.01. The number of nitrogens with one attached hydrogen (secondary N) is 1. The normalized spacial score (nSPS) is 15.0. The Hall–Kier alpha value is -1.43. The van der Waals surface area contributed by atoms with Gasteiger partial charge in [0.1, 0.15) is 13.2 Å². The Morgan fingerprint density at radius 2 is 2.18 bits per heavy atom. The van der Waals surface area contributed by atoms with Gasteiger partial charge in [-0.3, -0.25) is 9.59 Å². The van der Waals surface area contributed by atoms with Crippen LogP contribution in [0.2, 0.25) is 0 Å². The van der Waals surface area contributed by atoms with Gasteiger partial charge >= 0.3 is 5.97 Å². The molecule has 1 fully saturated rings. The molecule has 1 saturated carbocycles. The van der Waals surface area contributed by atoms with Gasteiger partial charge in [0.05, 0.1) is 10.7 Å². The number of amides is 1. The van der Waals surface area contributed by atoms with Gasteiger partial charge in [0.15, 0.2) is 0 Å². The number of nitrogens with zero attached hydrogens (tertiary/aromatic N) is 1. The zero-order chi connectivity index (χ0) is 15.8. The minimum atomic E-state index is -0.416. The second-order valence-corrected chi connectivity index (χ2v) is 6.66. The fraction of sp³-hybridized carbons (Fsp3) is 0.688. The fourth-order valence-electron chi connectivity index (χ4n) is 2.68. The lowest BCUT2D eigenvalue weighted by atomic mass is 10.0. The van der Waals surface area contributed by atoms with Gasteiger partial charge in [-0.05, 0) is 18.8 Å². The Balaban J connectivity index is 1.57. The number of rotatable bonds is 8. The first-order valence-corrected chi connectivity index (χ1v) is 8.91. The number of carbonyl (C=O) groups is 2. The summed E-state index contributed by atoms with van der Waals surface area (Å²) in [5, 5.41) is 5.56. The Labute approximate surface area is 135 Å². The number of thiazole rings is 1. The molecule has 1 aliphatic rings. The van der Waals surface area contributed by atoms with Gasteiger partial charge in [0.25, 0.3) is 0 Å². The van der Waals surface area contributed by atoms with Crippen LogP contribution >= 0.6 is 11.3 Å². The zero-order valence-electron chi connectivity index (χ0n) is 13.1. The molecule has 5 nitrogen and oxygen atoms in total. The monoisotopic (exact) mass is 324 g/mol. The molecule has 1 N–H and O–H groups in total. The summed E-state index contributed by atoms with van der Waals surface area (Å²) < 4.78 is 5.10. The average Bonchev–Trinajstić information content (AvgIpc) is 3.19. The van der Waals surface area contributed by atoms with Gasteiger partial charge in [0.2, 0.25) is 5.91 Å². The summed E-state index contributed by atoms with van der Waals surface area (Å²) in [5.41, 5.74) is 0.766. The van der Waals surface area contributed by atoms with E-state index < -0.39 is 5.97 Å². The Bertz CT molecular complexity index is 495. The van der Waals surface area contributed by atoms with Crippen LogP contribution in [-0.4, -0.2) is 23.4 Å². The van der Waals surface area contributed by atoms with Crippen LogP contribution in [0.25, 0.3) is 0 Å². The van der Waals surface area contributed by atoms with E-state index in [9.17, 15) is 9.59 Å². The number of carbonyl (C=O) groups excluding carboxylic acids is 2. The number of hydrogen-bond acceptors (Lipinski definition) is 5. The van der Waals surface area contributed by atoms with Gasteiger partial charge in [-0.1, -0.05) is 32.6 Å². The highest BCUT2D eigenvalue weighted by Crippen LogP contribution is 2.28. The van der Waals surface area contributed by atoms with Crippen molar-refractivity contribution in [1.82, 2.24) is 10.3 Å². The van der Waals surface area contributed by atoms with E-state index in [2.05, 4.69) is 10.3 Å². The number of ether oxygens (including phenoxy) is 1. The maximum atomic E-state index is 11.7. The highest BCUT2D eigenvalue weighted by atomic mass is 32.1. The Morgan fingerprint density at radius 3 is 2.86 bits per heavy atom. The highest BCUT2D eigenvalue weighted by molar-refractivity contribution is 7.09. The summed E-state index contributed by atoms with van der Waals surface area (Å²) in [6.45, 7) is 2.15. The Kier molecular flexibility index (Phi) is 6.83. The third-order valence-electron chi connectivity index (χ3n) is 3.97. The standard InChI is InChI=1S/C16H24N2O3S/c1-2-15-18-13(11-22-15)10-21-16(20)9-17-14(19)8-7-12-5-3-4-6-12/h11-12H,2-10H2,1H3,(H,17,19). The number of aryl methyl sites for hydroxylation is 1. The van der Waals surface area contributed by atoms with E-state index in [1.54, 1.807) is 11.3 Å². The minimum absolute atomic E-state index is 0.0612. The average molecular weight is 324 g/mol. The van der Waals surface area contributed by atoms with Crippen molar-refractivity contribution in [2.24, 2.45) is 5.92 Å². The molecule has 0 unspecified atom stereocenters. The summed E-state index contributed by atoms with van der Waals surface area (Å²) in [7, 11) is 0. The molecule has 1 aromatic heterocycles. The Morgan fingerprint density at radius 1 is 1.41 bits per heavy atom. The second-order valence-electron chi connectivity index (χ2n) is 5.71. The molecule has 0 radical (unpaired) electrons. The van der Waals surface area contributed by atoms with Crippen molar-refractivity contribution in [3.05, 3.63) is 16.1 Å². The molecule has 1 heterocycles. The maximum Gasteiger partial charge on any atom is 0.325 e. The summed E-state index contributed by atoms with van der Waals surface area (Å²) in [6.07, 6.45) is 7.37. The van der Waals surface area contributed by atoms with E-state index in [0.717, 1.165) is 23.5 Å². The summed E-state index contributed by atoms with van der Waals surface area (Å²) in [6, 6.07) is 0. The van der Waals surface area contributed by atoms with E-state index in [1.165, 1.54) is 25.7 Å². The largest absolute Gasteiger partial charge is 0.458 e. The van der Waals surface area contributed by atoms with Crippen molar-refractivity contribution < 1.29 is 14.3 Å². The van der Waals surface area contributed by atoms with E-state index in [4.69, 9.17) is 4.74 Å². The maximum absolute atomic E-state index is 11.7. The molecule has 1 aliphatic carbocycles. The van der Waals surface area contributed by atoms with E-state index in [-0.39, 0.29) is 19.1 Å². The van der Waals surface area contributed by atoms with E-state index in [0.29, 0.717) is 12.3 Å². The van der Waals surface area contributed by atoms with Gasteiger partial charge in [0, 0.05) is 11.8 Å². The number of hydrogen-bond donors (Lipinski definition) is 1. The van der Waals surface area contributed by atoms with Crippen LogP contribution in [0.1, 0.15) is 56.2 Å². The van der Waals surface area contributed by atoms with Crippen LogP contribution in [0.5, 0.6) is 0 Å². The van der Waals surface area contributed by atoms with Crippen molar-refractivity contribution >= 4 is 23.2 Å². The van der Waals surface area contributed by atoms with E-state index in [1.807, 2.05) is 12.3 Å². The first-order valence-electron chi connectivity index (χ1n) is 8.03. The summed E-state index contributed by atoms with van der Waals surface area (Å²) >= 11 is 1.57. The first kappa shape index (κ1) is 16.9. The topological polar surface area (TPSA) is 68.3 Å². The van der Waals surface area contributed by atoms with Crippen LogP contribution in [0.3, 0.4) is 0 Å². The van der Waals surface area contributed by atoms with Crippen LogP contribution in [0.4, 0.5) is 0 Å². The fourth-order valence-corrected chi connectivity index (χ4v) is 3.41. The first-order chi connectivity index (χ1) is 10.7. The van der Waals surface area contributed by atoms with Gasteiger partial charge < -0.3 is 10.1 Å².